The van der Waals surface area contributed by atoms with Gasteiger partial charge in [-0.2, -0.15) is 12.6 Å². The molecule has 1 heterocycles. The molecular weight excluding hydrogens is 198 g/mol. The number of hydrogen-bond donors (Lipinski definition) is 2. The number of hydrogen-bond acceptors (Lipinski definition) is 4. The molecule has 0 spiro atoms. The summed E-state index contributed by atoms with van der Waals surface area (Å²) in [6.45, 7) is 6.71. The third kappa shape index (κ3) is 2.87. The number of nitrogens with two attached hydrogens (primary N) is 1. The van der Waals surface area contributed by atoms with Gasteiger partial charge < -0.3 is 15.5 Å². The maximum absolute atomic E-state index is 11.7. The van der Waals surface area contributed by atoms with E-state index in [0.29, 0.717) is 5.75 Å². The Bertz CT molecular complexity index is 192. The third-order valence-corrected chi connectivity index (χ3v) is 3.04. The average Bonchev–Trinajstić information content (AvgIpc) is 2.27. The van der Waals surface area contributed by atoms with E-state index in [9.17, 15) is 4.79 Å². The van der Waals surface area contributed by atoms with Crippen LogP contribution in [0.5, 0.6) is 0 Å². The number of likely N-dealkylation sites (N-methyl/N-ethyl adjacent to an activating group) is 1. The number of carbonyl (C=O) groups is 1. The van der Waals surface area contributed by atoms with Crippen LogP contribution in [0.4, 0.5) is 0 Å². The number of carbonyl (C=O) groups excluding carboxylic acids is 1. The predicted molar refractivity (Wildman–Crippen MR) is 60.5 cm³/mol. The lowest BCUT2D eigenvalue weighted by atomic mass is 10.2. The molecule has 4 nitrogen and oxygen atoms in total. The fourth-order valence-corrected chi connectivity index (χ4v) is 1.75. The van der Waals surface area contributed by atoms with E-state index in [0.717, 1.165) is 32.7 Å². The molecule has 14 heavy (non-hydrogen) atoms. The maximum Gasteiger partial charge on any atom is 0.240 e. The molecule has 1 amide bonds. The minimum absolute atomic E-state index is 0.0377. The van der Waals surface area contributed by atoms with Gasteiger partial charge in [-0.15, -0.1) is 0 Å². The molecule has 0 aliphatic carbocycles. The van der Waals surface area contributed by atoms with E-state index in [-0.39, 0.29) is 5.91 Å². The van der Waals surface area contributed by atoms with Gasteiger partial charge in [0.2, 0.25) is 5.91 Å². The summed E-state index contributed by atoms with van der Waals surface area (Å²) in [5.41, 5.74) is 5.63. The largest absolute Gasteiger partial charge is 0.339 e. The van der Waals surface area contributed by atoms with Gasteiger partial charge in [0.25, 0.3) is 0 Å². The zero-order chi connectivity index (χ0) is 10.6. The molecule has 0 bridgehead atoms. The predicted octanol–water partition coefficient (Wildman–Crippen LogP) is -0.592. The fourth-order valence-electron chi connectivity index (χ4n) is 1.60. The Kier molecular flexibility index (Phi) is 4.71. The molecule has 0 radical (unpaired) electrons. The minimum Gasteiger partial charge on any atom is -0.339 e. The van der Waals surface area contributed by atoms with Gasteiger partial charge in [0.05, 0.1) is 6.04 Å². The summed E-state index contributed by atoms with van der Waals surface area (Å²) in [6.07, 6.45) is 0. The lowest BCUT2D eigenvalue weighted by Crippen LogP contribution is -2.53. The Hall–Kier alpha value is -0.260. The van der Waals surface area contributed by atoms with E-state index in [1.165, 1.54) is 0 Å². The first kappa shape index (κ1) is 11.8. The van der Waals surface area contributed by atoms with Crippen molar-refractivity contribution in [3.05, 3.63) is 0 Å². The van der Waals surface area contributed by atoms with E-state index >= 15 is 0 Å². The molecule has 0 aromatic carbocycles. The normalized spacial score (nSPS) is 20.9. The van der Waals surface area contributed by atoms with Gasteiger partial charge in [-0.25, -0.2) is 0 Å². The van der Waals surface area contributed by atoms with E-state index in [4.69, 9.17) is 5.73 Å². The van der Waals surface area contributed by atoms with Crippen molar-refractivity contribution < 1.29 is 4.79 Å². The number of thiol groups is 1. The third-order valence-electron chi connectivity index (χ3n) is 2.65. The summed E-state index contributed by atoms with van der Waals surface area (Å²) in [4.78, 5) is 15.8. The summed E-state index contributed by atoms with van der Waals surface area (Å²) in [5.74, 6) is 0.461. The first-order valence-corrected chi connectivity index (χ1v) is 5.69. The van der Waals surface area contributed by atoms with E-state index in [2.05, 4.69) is 24.5 Å². The second kappa shape index (κ2) is 5.58. The van der Waals surface area contributed by atoms with Crippen molar-refractivity contribution in [2.24, 2.45) is 5.73 Å². The van der Waals surface area contributed by atoms with Crippen LogP contribution in [0.1, 0.15) is 6.92 Å². The van der Waals surface area contributed by atoms with Gasteiger partial charge in [0, 0.05) is 31.9 Å². The molecule has 1 atom stereocenters. The van der Waals surface area contributed by atoms with Gasteiger partial charge in [0.15, 0.2) is 0 Å². The summed E-state index contributed by atoms with van der Waals surface area (Å²) in [6, 6.07) is -0.438. The monoisotopic (exact) mass is 217 g/mol. The van der Waals surface area contributed by atoms with Crippen molar-refractivity contribution >= 4 is 18.5 Å². The standard InChI is InChI=1S/C9H19N3OS/c1-2-11-3-5-12(6-4-11)9(13)8(10)7-14/h8,14H,2-7,10H2,1H3. The van der Waals surface area contributed by atoms with Crippen LogP contribution in [-0.4, -0.2) is 60.2 Å². The highest BCUT2D eigenvalue weighted by atomic mass is 32.1. The molecule has 1 fully saturated rings. The summed E-state index contributed by atoms with van der Waals surface area (Å²) in [7, 11) is 0. The summed E-state index contributed by atoms with van der Waals surface area (Å²) in [5, 5.41) is 0. The second-order valence-corrected chi connectivity index (χ2v) is 3.91. The highest BCUT2D eigenvalue weighted by Gasteiger charge is 2.23. The van der Waals surface area contributed by atoms with Gasteiger partial charge in [-0.05, 0) is 6.54 Å². The van der Waals surface area contributed by atoms with Crippen LogP contribution in [0.3, 0.4) is 0 Å². The zero-order valence-corrected chi connectivity index (χ0v) is 9.54. The van der Waals surface area contributed by atoms with Crippen molar-refractivity contribution in [3.63, 3.8) is 0 Å². The van der Waals surface area contributed by atoms with Crippen molar-refractivity contribution in [3.8, 4) is 0 Å². The van der Waals surface area contributed by atoms with Crippen molar-refractivity contribution in [2.45, 2.75) is 13.0 Å². The lowest BCUT2D eigenvalue weighted by Gasteiger charge is -2.35. The van der Waals surface area contributed by atoms with Crippen molar-refractivity contribution in [2.75, 3.05) is 38.5 Å². The summed E-state index contributed by atoms with van der Waals surface area (Å²) < 4.78 is 0. The molecule has 0 aromatic rings. The zero-order valence-electron chi connectivity index (χ0n) is 8.65. The Labute approximate surface area is 90.8 Å². The second-order valence-electron chi connectivity index (χ2n) is 3.55. The molecular formula is C9H19N3OS. The number of nitrogens with zero attached hydrogens (tertiary/aromatic N) is 2. The van der Waals surface area contributed by atoms with Gasteiger partial charge in [0.1, 0.15) is 0 Å². The first-order chi connectivity index (χ1) is 6.69. The maximum atomic E-state index is 11.7. The topological polar surface area (TPSA) is 49.6 Å². The number of piperazine rings is 1. The molecule has 1 rings (SSSR count). The quantitative estimate of drug-likeness (QED) is 0.621. The summed E-state index contributed by atoms with van der Waals surface area (Å²) >= 11 is 4.03. The first-order valence-electron chi connectivity index (χ1n) is 5.06. The molecule has 1 saturated heterocycles. The van der Waals surface area contributed by atoms with Crippen LogP contribution in [0.15, 0.2) is 0 Å². The van der Waals surface area contributed by atoms with E-state index < -0.39 is 6.04 Å². The Balaban J connectivity index is 2.37. The molecule has 2 N–H and O–H groups in total. The molecule has 82 valence electrons. The van der Waals surface area contributed by atoms with Crippen LogP contribution in [0, 0.1) is 0 Å². The Morgan fingerprint density at radius 1 is 1.43 bits per heavy atom. The molecule has 0 saturated carbocycles. The van der Waals surface area contributed by atoms with Gasteiger partial charge >= 0.3 is 0 Å². The lowest BCUT2D eigenvalue weighted by molar-refractivity contribution is -0.133. The van der Waals surface area contributed by atoms with Crippen LogP contribution in [0.25, 0.3) is 0 Å². The van der Waals surface area contributed by atoms with Crippen LogP contribution < -0.4 is 5.73 Å². The molecule has 1 aliphatic rings. The van der Waals surface area contributed by atoms with Crippen LogP contribution in [-0.2, 0) is 4.79 Å². The van der Waals surface area contributed by atoms with Gasteiger partial charge in [-0.1, -0.05) is 6.92 Å². The van der Waals surface area contributed by atoms with Crippen molar-refractivity contribution in [1.29, 1.82) is 0 Å². The molecule has 5 heteroatoms. The highest BCUT2D eigenvalue weighted by Crippen LogP contribution is 2.03. The Morgan fingerprint density at radius 3 is 2.43 bits per heavy atom. The fraction of sp³-hybridized carbons (Fsp3) is 0.889. The van der Waals surface area contributed by atoms with E-state index in [1.54, 1.807) is 0 Å². The molecule has 1 aliphatic heterocycles. The molecule has 0 aromatic heterocycles. The van der Waals surface area contributed by atoms with E-state index in [1.807, 2.05) is 4.90 Å². The molecule has 1 unspecified atom stereocenters. The van der Waals surface area contributed by atoms with Crippen LogP contribution >= 0.6 is 12.6 Å². The smallest absolute Gasteiger partial charge is 0.240 e. The average molecular weight is 217 g/mol. The Morgan fingerprint density at radius 2 is 2.00 bits per heavy atom. The highest BCUT2D eigenvalue weighted by molar-refractivity contribution is 7.80. The van der Waals surface area contributed by atoms with Crippen LogP contribution in [0.2, 0.25) is 0 Å². The SMILES string of the molecule is CCN1CCN(C(=O)C(N)CS)CC1. The minimum atomic E-state index is -0.438. The van der Waals surface area contributed by atoms with Crippen molar-refractivity contribution in [1.82, 2.24) is 9.80 Å². The number of amides is 1. The number of rotatable bonds is 3. The van der Waals surface area contributed by atoms with Gasteiger partial charge in [-0.3, -0.25) is 4.79 Å².